The van der Waals surface area contributed by atoms with Gasteiger partial charge in [0.15, 0.2) is 17.3 Å². The maximum Gasteiger partial charge on any atom is 0.416 e. The molecule has 2 atom stereocenters. The van der Waals surface area contributed by atoms with Crippen LogP contribution in [-0.4, -0.2) is 49.7 Å². The van der Waals surface area contributed by atoms with Gasteiger partial charge in [-0.25, -0.2) is 4.98 Å². The van der Waals surface area contributed by atoms with Gasteiger partial charge in [-0.1, -0.05) is 36.8 Å². The summed E-state index contributed by atoms with van der Waals surface area (Å²) in [6.07, 6.45) is 3.53. The second-order valence-corrected chi connectivity index (χ2v) is 9.61. The Kier molecular flexibility index (Phi) is 6.19. The van der Waals surface area contributed by atoms with Crippen molar-refractivity contribution in [2.75, 3.05) is 18.4 Å². The van der Waals surface area contributed by atoms with E-state index >= 15 is 0 Å². The highest BCUT2D eigenvalue weighted by Crippen LogP contribution is 2.38. The van der Waals surface area contributed by atoms with Crippen LogP contribution in [0.4, 0.5) is 19.0 Å². The van der Waals surface area contributed by atoms with Crippen molar-refractivity contribution in [3.63, 3.8) is 0 Å². The number of ether oxygens (including phenoxy) is 1. The van der Waals surface area contributed by atoms with Crippen molar-refractivity contribution in [2.24, 2.45) is 0 Å². The van der Waals surface area contributed by atoms with Gasteiger partial charge in [0.05, 0.1) is 11.1 Å². The molecule has 37 heavy (non-hydrogen) atoms. The molecule has 2 aliphatic rings. The number of nitrogens with zero attached hydrogens (tertiary/aromatic N) is 5. The van der Waals surface area contributed by atoms with Crippen molar-refractivity contribution in [2.45, 2.75) is 50.6 Å². The Balaban J connectivity index is 1.34. The van der Waals surface area contributed by atoms with Gasteiger partial charge in [-0.15, -0.1) is 10.2 Å². The van der Waals surface area contributed by atoms with E-state index < -0.39 is 11.7 Å². The van der Waals surface area contributed by atoms with E-state index in [-0.39, 0.29) is 18.4 Å². The first-order valence-electron chi connectivity index (χ1n) is 12.6. The maximum atomic E-state index is 13.5. The fraction of sp³-hybridized carbons (Fsp3) is 0.370. The minimum Gasteiger partial charge on any atom is -0.488 e. The topological polar surface area (TPSA) is 67.6 Å². The highest BCUT2D eigenvalue weighted by molar-refractivity contribution is 5.71. The van der Waals surface area contributed by atoms with Gasteiger partial charge in [-0.05, 0) is 49.6 Å². The molecule has 0 saturated carbocycles. The molecule has 4 aromatic rings. The molecule has 10 heteroatoms. The summed E-state index contributed by atoms with van der Waals surface area (Å²) in [5, 5.41) is 12.4. The molecular formula is C27H27F3N6O. The van der Waals surface area contributed by atoms with Crippen LogP contribution < -0.4 is 10.1 Å². The van der Waals surface area contributed by atoms with Crippen LogP contribution in [0.1, 0.15) is 36.8 Å². The SMILES string of the molecule is FC(F)(F)c1ccc(-c2nnc(NC3CCN4CCCCC34)c3nccn23)c(OCc2ccccc2)c1. The molecule has 0 bridgehead atoms. The zero-order chi connectivity index (χ0) is 25.4. The molecule has 0 radical (unpaired) electrons. The van der Waals surface area contributed by atoms with Crippen LogP contribution in [0.5, 0.6) is 5.75 Å². The van der Waals surface area contributed by atoms with Crippen LogP contribution in [0, 0.1) is 0 Å². The van der Waals surface area contributed by atoms with Crippen LogP contribution in [0.25, 0.3) is 17.0 Å². The van der Waals surface area contributed by atoms with Crippen LogP contribution in [0.2, 0.25) is 0 Å². The van der Waals surface area contributed by atoms with Crippen LogP contribution in [-0.2, 0) is 12.8 Å². The average molecular weight is 509 g/mol. The quantitative estimate of drug-likeness (QED) is 0.375. The van der Waals surface area contributed by atoms with Gasteiger partial charge in [-0.2, -0.15) is 13.2 Å². The standard InChI is InChI=1S/C27H27F3N6O/c28-27(29,30)19-9-10-20(23(16-19)37-17-18-6-2-1-3-7-18)25-34-33-24(26-31-12-15-36(25)26)32-21-11-14-35-13-5-4-8-22(21)35/h1-3,6-7,9-10,12,15-16,21-22H,4-5,8,11,13-14,17H2,(H,32,33). The van der Waals surface area contributed by atoms with E-state index in [9.17, 15) is 13.2 Å². The number of aromatic nitrogens is 4. The van der Waals surface area contributed by atoms with E-state index in [1.54, 1.807) is 16.8 Å². The third kappa shape index (κ3) is 4.73. The number of rotatable bonds is 6. The second-order valence-electron chi connectivity index (χ2n) is 9.61. The van der Waals surface area contributed by atoms with Crippen molar-refractivity contribution in [3.8, 4) is 17.1 Å². The minimum absolute atomic E-state index is 0.0809. The number of imidazole rings is 1. The van der Waals surface area contributed by atoms with E-state index in [2.05, 4.69) is 25.4 Å². The lowest BCUT2D eigenvalue weighted by Gasteiger charge is -2.32. The number of benzene rings is 2. The van der Waals surface area contributed by atoms with Crippen molar-refractivity contribution >= 4 is 11.5 Å². The zero-order valence-corrected chi connectivity index (χ0v) is 20.2. The monoisotopic (exact) mass is 508 g/mol. The summed E-state index contributed by atoms with van der Waals surface area (Å²) in [7, 11) is 0. The van der Waals surface area contributed by atoms with E-state index in [1.807, 2.05) is 30.3 Å². The summed E-state index contributed by atoms with van der Waals surface area (Å²) >= 11 is 0. The predicted molar refractivity (Wildman–Crippen MR) is 133 cm³/mol. The number of anilines is 1. The van der Waals surface area contributed by atoms with Crippen molar-refractivity contribution in [1.29, 1.82) is 0 Å². The van der Waals surface area contributed by atoms with E-state index in [0.717, 1.165) is 43.6 Å². The number of piperidine rings is 1. The van der Waals surface area contributed by atoms with Crippen LogP contribution in [0.3, 0.4) is 0 Å². The number of hydrogen-bond acceptors (Lipinski definition) is 6. The largest absolute Gasteiger partial charge is 0.488 e. The van der Waals surface area contributed by atoms with E-state index in [4.69, 9.17) is 4.74 Å². The summed E-state index contributed by atoms with van der Waals surface area (Å²) < 4.78 is 48.2. The Morgan fingerprint density at radius 3 is 2.70 bits per heavy atom. The fourth-order valence-corrected chi connectivity index (χ4v) is 5.45. The molecule has 0 spiro atoms. The Bertz CT molecular complexity index is 1390. The Hall–Kier alpha value is -3.66. The molecule has 2 fully saturated rings. The van der Waals surface area contributed by atoms with E-state index in [0.29, 0.717) is 28.9 Å². The van der Waals surface area contributed by atoms with Gasteiger partial charge in [0, 0.05) is 31.0 Å². The Labute approximate surface area is 212 Å². The molecule has 2 aliphatic heterocycles. The number of nitrogens with one attached hydrogen (secondary N) is 1. The molecular weight excluding hydrogens is 481 g/mol. The first-order valence-corrected chi connectivity index (χ1v) is 12.6. The summed E-state index contributed by atoms with van der Waals surface area (Å²) in [4.78, 5) is 7.03. The smallest absolute Gasteiger partial charge is 0.416 e. The molecule has 2 unspecified atom stereocenters. The normalized spacial score (nSPS) is 20.2. The number of fused-ring (bicyclic) bond motifs is 2. The molecule has 0 aliphatic carbocycles. The van der Waals surface area contributed by atoms with Crippen LogP contribution >= 0.6 is 0 Å². The highest BCUT2D eigenvalue weighted by atomic mass is 19.4. The lowest BCUT2D eigenvalue weighted by Crippen LogP contribution is -2.42. The van der Waals surface area contributed by atoms with Gasteiger partial charge in [0.1, 0.15) is 12.4 Å². The maximum absolute atomic E-state index is 13.5. The molecule has 4 heterocycles. The predicted octanol–water partition coefficient (Wildman–Crippen LogP) is 5.43. The third-order valence-electron chi connectivity index (χ3n) is 7.29. The number of halogens is 3. The highest BCUT2D eigenvalue weighted by Gasteiger charge is 2.36. The molecule has 192 valence electrons. The summed E-state index contributed by atoms with van der Waals surface area (Å²) in [6, 6.07) is 13.5. The second kappa shape index (κ2) is 9.66. The molecule has 2 aromatic carbocycles. The number of alkyl halides is 3. The van der Waals surface area contributed by atoms with Gasteiger partial charge < -0.3 is 10.1 Å². The molecule has 6 rings (SSSR count). The van der Waals surface area contributed by atoms with Gasteiger partial charge >= 0.3 is 6.18 Å². The molecule has 0 amide bonds. The Morgan fingerprint density at radius 2 is 1.86 bits per heavy atom. The lowest BCUT2D eigenvalue weighted by atomic mass is 9.99. The van der Waals surface area contributed by atoms with Crippen molar-refractivity contribution in [1.82, 2.24) is 24.5 Å². The number of hydrogen-bond donors (Lipinski definition) is 1. The minimum atomic E-state index is -4.50. The van der Waals surface area contributed by atoms with Gasteiger partial charge in [-0.3, -0.25) is 9.30 Å². The lowest BCUT2D eigenvalue weighted by molar-refractivity contribution is -0.137. The molecule has 2 aromatic heterocycles. The van der Waals surface area contributed by atoms with Gasteiger partial charge in [0.25, 0.3) is 0 Å². The summed E-state index contributed by atoms with van der Waals surface area (Å²) in [6.45, 7) is 2.31. The molecule has 7 nitrogen and oxygen atoms in total. The first-order chi connectivity index (χ1) is 18.0. The van der Waals surface area contributed by atoms with E-state index in [1.165, 1.54) is 18.9 Å². The van der Waals surface area contributed by atoms with Gasteiger partial charge in [0.2, 0.25) is 0 Å². The molecule has 2 saturated heterocycles. The zero-order valence-electron chi connectivity index (χ0n) is 20.2. The summed E-state index contributed by atoms with van der Waals surface area (Å²) in [5.41, 5.74) is 1.04. The average Bonchev–Trinajstić information content (AvgIpc) is 3.56. The third-order valence-corrected chi connectivity index (χ3v) is 7.29. The van der Waals surface area contributed by atoms with Crippen LogP contribution in [0.15, 0.2) is 60.9 Å². The Morgan fingerprint density at radius 1 is 1.00 bits per heavy atom. The van der Waals surface area contributed by atoms with Crippen molar-refractivity contribution in [3.05, 3.63) is 72.1 Å². The van der Waals surface area contributed by atoms with Crippen molar-refractivity contribution < 1.29 is 17.9 Å². The molecule has 1 N–H and O–H groups in total. The first kappa shape index (κ1) is 23.7. The fourth-order valence-electron chi connectivity index (χ4n) is 5.45. The summed E-state index contributed by atoms with van der Waals surface area (Å²) in [5.74, 6) is 1.02.